The Morgan fingerprint density at radius 3 is 2.50 bits per heavy atom. The topological polar surface area (TPSA) is 49.6 Å². The lowest BCUT2D eigenvalue weighted by atomic mass is 10.1. The van der Waals surface area contributed by atoms with Gasteiger partial charge in [-0.3, -0.25) is 0 Å². The molecule has 2 rings (SSSR count). The van der Waals surface area contributed by atoms with Gasteiger partial charge in [0.2, 0.25) is 0 Å². The number of hydrogen-bond donors (Lipinski definition) is 1. The number of carbonyl (C=O) groups is 1. The molecule has 1 aromatic carbocycles. The molecule has 2 amide bonds. The summed E-state index contributed by atoms with van der Waals surface area (Å²) < 4.78 is 0. The number of carbonyl (C=O) groups excluding carboxylic acids is 1. The van der Waals surface area contributed by atoms with Gasteiger partial charge in [-0.15, -0.1) is 0 Å². The fraction of sp³-hybridized carbons (Fsp3) is 0.562. The summed E-state index contributed by atoms with van der Waals surface area (Å²) in [6.45, 7) is 6.46. The molecule has 4 heteroatoms. The van der Waals surface area contributed by atoms with Gasteiger partial charge in [0, 0.05) is 31.4 Å². The Balaban J connectivity index is 2.10. The van der Waals surface area contributed by atoms with Crippen molar-refractivity contribution in [1.29, 1.82) is 0 Å². The zero-order valence-corrected chi connectivity index (χ0v) is 12.5. The Bertz CT molecular complexity index is 453. The van der Waals surface area contributed by atoms with E-state index in [-0.39, 0.29) is 12.1 Å². The van der Waals surface area contributed by atoms with Crippen LogP contribution < -0.4 is 5.73 Å². The maximum absolute atomic E-state index is 12.7. The second-order valence-electron chi connectivity index (χ2n) is 5.75. The van der Waals surface area contributed by atoms with Gasteiger partial charge in [-0.1, -0.05) is 18.2 Å². The summed E-state index contributed by atoms with van der Waals surface area (Å²) in [4.78, 5) is 16.6. The summed E-state index contributed by atoms with van der Waals surface area (Å²) in [6.07, 6.45) is 3.47. The zero-order valence-electron chi connectivity index (χ0n) is 12.5. The third kappa shape index (κ3) is 3.44. The van der Waals surface area contributed by atoms with E-state index in [0.29, 0.717) is 6.54 Å². The second kappa shape index (κ2) is 6.64. The van der Waals surface area contributed by atoms with Crippen molar-refractivity contribution in [3.8, 4) is 0 Å². The fourth-order valence-electron chi connectivity index (χ4n) is 2.60. The van der Waals surface area contributed by atoms with Crippen LogP contribution in [-0.4, -0.2) is 35.0 Å². The molecule has 20 heavy (non-hydrogen) atoms. The molecule has 1 fully saturated rings. The van der Waals surface area contributed by atoms with Gasteiger partial charge in [-0.25, -0.2) is 4.79 Å². The molecule has 0 saturated carbocycles. The van der Waals surface area contributed by atoms with Crippen LogP contribution >= 0.6 is 0 Å². The van der Waals surface area contributed by atoms with Crippen molar-refractivity contribution in [1.82, 2.24) is 9.80 Å². The van der Waals surface area contributed by atoms with Crippen LogP contribution in [0.3, 0.4) is 0 Å². The van der Waals surface area contributed by atoms with Crippen molar-refractivity contribution < 1.29 is 4.79 Å². The van der Waals surface area contributed by atoms with Crippen LogP contribution in [0.15, 0.2) is 24.3 Å². The molecule has 0 atom stereocenters. The zero-order chi connectivity index (χ0) is 14.5. The van der Waals surface area contributed by atoms with Crippen molar-refractivity contribution in [2.75, 3.05) is 18.8 Å². The van der Waals surface area contributed by atoms with E-state index in [9.17, 15) is 4.79 Å². The van der Waals surface area contributed by atoms with Crippen LogP contribution in [0.5, 0.6) is 0 Å². The minimum absolute atomic E-state index is 0.142. The van der Waals surface area contributed by atoms with Crippen LogP contribution in [0, 0.1) is 0 Å². The Hall–Kier alpha value is -1.71. The average Bonchev–Trinajstić information content (AvgIpc) is 2.46. The molecule has 0 unspecified atom stereocenters. The predicted octanol–water partition coefficient (Wildman–Crippen LogP) is 3.09. The molecule has 1 aromatic rings. The highest BCUT2D eigenvalue weighted by molar-refractivity contribution is 5.75. The molecular formula is C16H25N3O. The van der Waals surface area contributed by atoms with E-state index in [1.807, 2.05) is 34.1 Å². The molecule has 2 N–H and O–H groups in total. The molecule has 1 heterocycles. The Kier molecular flexibility index (Phi) is 4.88. The van der Waals surface area contributed by atoms with Gasteiger partial charge >= 0.3 is 6.03 Å². The van der Waals surface area contributed by atoms with Crippen LogP contribution in [0.25, 0.3) is 0 Å². The minimum Gasteiger partial charge on any atom is -0.398 e. The Morgan fingerprint density at radius 1 is 1.25 bits per heavy atom. The van der Waals surface area contributed by atoms with E-state index >= 15 is 0 Å². The van der Waals surface area contributed by atoms with Crippen molar-refractivity contribution in [3.05, 3.63) is 29.8 Å². The summed E-state index contributed by atoms with van der Waals surface area (Å²) in [5.74, 6) is 0. The molecule has 1 saturated heterocycles. The molecule has 110 valence electrons. The first-order valence-corrected chi connectivity index (χ1v) is 7.48. The average molecular weight is 275 g/mol. The van der Waals surface area contributed by atoms with Gasteiger partial charge in [-0.05, 0) is 44.7 Å². The fourth-order valence-corrected chi connectivity index (χ4v) is 2.60. The number of likely N-dealkylation sites (tertiary alicyclic amines) is 1. The smallest absolute Gasteiger partial charge is 0.320 e. The van der Waals surface area contributed by atoms with E-state index < -0.39 is 0 Å². The number of nitrogens with zero attached hydrogens (tertiary/aromatic N) is 2. The molecule has 0 radical (unpaired) electrons. The molecular weight excluding hydrogens is 250 g/mol. The minimum atomic E-state index is 0.142. The van der Waals surface area contributed by atoms with Crippen molar-refractivity contribution >= 4 is 11.7 Å². The maximum Gasteiger partial charge on any atom is 0.320 e. The SMILES string of the molecule is CC(C)N(Cc1ccccc1N)C(=O)N1CCCCC1. The van der Waals surface area contributed by atoms with E-state index in [0.717, 1.165) is 37.2 Å². The number of nitrogens with two attached hydrogens (primary N) is 1. The Labute approximate surface area is 121 Å². The largest absolute Gasteiger partial charge is 0.398 e. The molecule has 1 aliphatic rings. The summed E-state index contributed by atoms with van der Waals surface area (Å²) >= 11 is 0. The molecule has 1 aliphatic heterocycles. The lowest BCUT2D eigenvalue weighted by Crippen LogP contribution is -2.47. The van der Waals surface area contributed by atoms with Crippen molar-refractivity contribution in [2.45, 2.75) is 45.7 Å². The number of benzene rings is 1. The quantitative estimate of drug-likeness (QED) is 0.862. The van der Waals surface area contributed by atoms with Crippen LogP contribution in [0.1, 0.15) is 38.7 Å². The van der Waals surface area contributed by atoms with Crippen LogP contribution in [0.2, 0.25) is 0 Å². The number of nitrogen functional groups attached to an aromatic ring is 1. The van der Waals surface area contributed by atoms with E-state index in [2.05, 4.69) is 13.8 Å². The second-order valence-corrected chi connectivity index (χ2v) is 5.75. The molecule has 4 nitrogen and oxygen atoms in total. The summed E-state index contributed by atoms with van der Waals surface area (Å²) in [5, 5.41) is 0. The van der Waals surface area contributed by atoms with Gasteiger partial charge in [0.05, 0.1) is 0 Å². The predicted molar refractivity (Wildman–Crippen MR) is 82.4 cm³/mol. The summed E-state index contributed by atoms with van der Waals surface area (Å²) in [5.41, 5.74) is 7.77. The number of amides is 2. The first-order chi connectivity index (χ1) is 9.59. The van der Waals surface area contributed by atoms with E-state index in [4.69, 9.17) is 5.73 Å². The number of rotatable bonds is 3. The first-order valence-electron chi connectivity index (χ1n) is 7.48. The normalized spacial score (nSPS) is 15.4. The molecule has 0 bridgehead atoms. The van der Waals surface area contributed by atoms with Gasteiger partial charge in [0.15, 0.2) is 0 Å². The summed E-state index contributed by atoms with van der Waals surface area (Å²) in [6, 6.07) is 8.08. The first kappa shape index (κ1) is 14.7. The van der Waals surface area contributed by atoms with Gasteiger partial charge in [-0.2, -0.15) is 0 Å². The standard InChI is InChI=1S/C16H25N3O/c1-13(2)19(12-14-8-4-5-9-15(14)17)16(20)18-10-6-3-7-11-18/h4-5,8-9,13H,3,6-7,10-12,17H2,1-2H3. The molecule has 0 spiro atoms. The number of para-hydroxylation sites is 1. The third-order valence-corrected chi connectivity index (χ3v) is 3.89. The maximum atomic E-state index is 12.7. The third-order valence-electron chi connectivity index (χ3n) is 3.89. The molecule has 0 aliphatic carbocycles. The van der Waals surface area contributed by atoms with Gasteiger partial charge in [0.25, 0.3) is 0 Å². The number of piperidine rings is 1. The van der Waals surface area contributed by atoms with E-state index in [1.54, 1.807) is 0 Å². The number of urea groups is 1. The number of hydrogen-bond acceptors (Lipinski definition) is 2. The van der Waals surface area contributed by atoms with E-state index in [1.165, 1.54) is 6.42 Å². The lowest BCUT2D eigenvalue weighted by molar-refractivity contribution is 0.128. The molecule has 0 aromatic heterocycles. The number of anilines is 1. The van der Waals surface area contributed by atoms with Crippen LogP contribution in [-0.2, 0) is 6.54 Å². The highest BCUT2D eigenvalue weighted by Gasteiger charge is 2.24. The van der Waals surface area contributed by atoms with Gasteiger partial charge in [0.1, 0.15) is 0 Å². The highest BCUT2D eigenvalue weighted by Crippen LogP contribution is 2.18. The van der Waals surface area contributed by atoms with Crippen LogP contribution in [0.4, 0.5) is 10.5 Å². The van der Waals surface area contributed by atoms with Gasteiger partial charge < -0.3 is 15.5 Å². The lowest BCUT2D eigenvalue weighted by Gasteiger charge is -2.35. The highest BCUT2D eigenvalue weighted by atomic mass is 16.2. The summed E-state index contributed by atoms with van der Waals surface area (Å²) in [7, 11) is 0. The Morgan fingerprint density at radius 2 is 1.90 bits per heavy atom. The monoisotopic (exact) mass is 275 g/mol. The van der Waals surface area contributed by atoms with Crippen molar-refractivity contribution in [2.24, 2.45) is 0 Å². The van der Waals surface area contributed by atoms with Crippen molar-refractivity contribution in [3.63, 3.8) is 0 Å².